The molecule has 0 aromatic heterocycles. The van der Waals surface area contributed by atoms with Gasteiger partial charge in [-0.2, -0.15) is 0 Å². The number of nitrogens with zero attached hydrogens (tertiary/aromatic N) is 2. The van der Waals surface area contributed by atoms with Gasteiger partial charge in [-0.3, -0.25) is 9.59 Å². The van der Waals surface area contributed by atoms with E-state index in [4.69, 9.17) is 4.74 Å². The third kappa shape index (κ3) is 4.97. The number of likely N-dealkylation sites (tertiary alicyclic amines) is 1. The Morgan fingerprint density at radius 2 is 1.68 bits per heavy atom. The van der Waals surface area contributed by atoms with Crippen LogP contribution in [0.15, 0.2) is 54.1 Å². The number of carbonyl (C=O) groups excluding carboxylic acids is 2. The maximum absolute atomic E-state index is 13.0. The number of rotatable bonds is 7. The summed E-state index contributed by atoms with van der Waals surface area (Å²) in [4.78, 5) is 29.4. The van der Waals surface area contributed by atoms with Crippen molar-refractivity contribution in [3.05, 3.63) is 70.8 Å². The number of hydrogen-bond donors (Lipinski definition) is 1. The second kappa shape index (κ2) is 9.35. The topological polar surface area (TPSA) is 70.1 Å². The first kappa shape index (κ1) is 22.6. The van der Waals surface area contributed by atoms with Gasteiger partial charge in [0.2, 0.25) is 0 Å². The molecular weight excluding hydrogens is 392 g/mol. The van der Waals surface area contributed by atoms with Crippen LogP contribution in [-0.4, -0.2) is 59.9 Å². The van der Waals surface area contributed by atoms with Crippen LogP contribution < -0.4 is 4.74 Å². The molecule has 31 heavy (non-hydrogen) atoms. The molecule has 1 fully saturated rings. The molecule has 1 aliphatic rings. The molecule has 1 atom stereocenters. The Labute approximate surface area is 183 Å². The van der Waals surface area contributed by atoms with Gasteiger partial charge in [0, 0.05) is 18.7 Å². The molecule has 0 spiro atoms. The van der Waals surface area contributed by atoms with Crippen molar-refractivity contribution in [2.24, 2.45) is 0 Å². The van der Waals surface area contributed by atoms with E-state index in [-0.39, 0.29) is 17.4 Å². The van der Waals surface area contributed by atoms with E-state index >= 15 is 0 Å². The highest BCUT2D eigenvalue weighted by molar-refractivity contribution is 6.46. The van der Waals surface area contributed by atoms with Crippen LogP contribution in [0, 0.1) is 6.92 Å². The summed E-state index contributed by atoms with van der Waals surface area (Å²) in [7, 11) is 3.83. The van der Waals surface area contributed by atoms with Gasteiger partial charge < -0.3 is 19.6 Å². The van der Waals surface area contributed by atoms with Crippen molar-refractivity contribution in [3.63, 3.8) is 0 Å². The lowest BCUT2D eigenvalue weighted by Gasteiger charge is -2.26. The van der Waals surface area contributed by atoms with Gasteiger partial charge >= 0.3 is 0 Å². The molecule has 0 radical (unpaired) electrons. The SMILES string of the molecule is Cc1ccc([C@H]2/C(=C(\O)c3ccc(OC(C)C)cc3)C(=O)C(=O)N2CCN(C)C)cc1. The van der Waals surface area contributed by atoms with Gasteiger partial charge in [0.25, 0.3) is 11.7 Å². The van der Waals surface area contributed by atoms with Crippen LogP contribution in [-0.2, 0) is 9.59 Å². The van der Waals surface area contributed by atoms with E-state index in [0.717, 1.165) is 11.1 Å². The van der Waals surface area contributed by atoms with Crippen LogP contribution in [0.5, 0.6) is 5.75 Å². The predicted octanol–water partition coefficient (Wildman–Crippen LogP) is 3.77. The summed E-state index contributed by atoms with van der Waals surface area (Å²) in [5.41, 5.74) is 2.46. The van der Waals surface area contributed by atoms with Gasteiger partial charge in [0.05, 0.1) is 17.7 Å². The quantitative estimate of drug-likeness (QED) is 0.418. The molecule has 2 aromatic carbocycles. The first-order chi connectivity index (χ1) is 14.7. The molecular formula is C25H30N2O4. The zero-order valence-corrected chi connectivity index (χ0v) is 18.8. The van der Waals surface area contributed by atoms with Gasteiger partial charge in [0.15, 0.2) is 0 Å². The Kier molecular flexibility index (Phi) is 6.81. The maximum atomic E-state index is 13.0. The van der Waals surface area contributed by atoms with Crippen molar-refractivity contribution < 1.29 is 19.4 Å². The summed E-state index contributed by atoms with van der Waals surface area (Å²) in [5.74, 6) is -0.751. The molecule has 1 amide bonds. The summed E-state index contributed by atoms with van der Waals surface area (Å²) >= 11 is 0. The highest BCUT2D eigenvalue weighted by Crippen LogP contribution is 2.39. The highest BCUT2D eigenvalue weighted by Gasteiger charge is 2.45. The van der Waals surface area contributed by atoms with E-state index in [9.17, 15) is 14.7 Å². The lowest BCUT2D eigenvalue weighted by atomic mass is 9.94. The monoisotopic (exact) mass is 422 g/mol. The van der Waals surface area contributed by atoms with Crippen molar-refractivity contribution in [2.45, 2.75) is 32.9 Å². The summed E-state index contributed by atoms with van der Waals surface area (Å²) in [6, 6.07) is 14.0. The molecule has 2 aromatic rings. The zero-order valence-electron chi connectivity index (χ0n) is 18.8. The van der Waals surface area contributed by atoms with Gasteiger partial charge in [-0.15, -0.1) is 0 Å². The third-order valence-corrected chi connectivity index (χ3v) is 5.22. The summed E-state index contributed by atoms with van der Waals surface area (Å²) in [6.45, 7) is 6.84. The average Bonchev–Trinajstić information content (AvgIpc) is 2.97. The Bertz CT molecular complexity index is 976. The maximum Gasteiger partial charge on any atom is 0.295 e. The number of ether oxygens (including phenoxy) is 1. The minimum Gasteiger partial charge on any atom is -0.507 e. The second-order valence-corrected chi connectivity index (χ2v) is 8.40. The first-order valence-corrected chi connectivity index (χ1v) is 10.5. The molecule has 0 saturated carbocycles. The fraction of sp³-hybridized carbons (Fsp3) is 0.360. The molecule has 164 valence electrons. The summed E-state index contributed by atoms with van der Waals surface area (Å²) in [5, 5.41) is 11.1. The number of ketones is 1. The molecule has 0 bridgehead atoms. The zero-order chi connectivity index (χ0) is 22.7. The Morgan fingerprint density at radius 3 is 2.23 bits per heavy atom. The van der Waals surface area contributed by atoms with Crippen LogP contribution in [0.3, 0.4) is 0 Å². The van der Waals surface area contributed by atoms with Crippen molar-refractivity contribution in [2.75, 3.05) is 27.2 Å². The predicted molar refractivity (Wildman–Crippen MR) is 121 cm³/mol. The molecule has 6 nitrogen and oxygen atoms in total. The number of aryl methyl sites for hydroxylation is 1. The minimum absolute atomic E-state index is 0.0306. The van der Waals surface area contributed by atoms with Crippen LogP contribution in [0.4, 0.5) is 0 Å². The number of amides is 1. The standard InChI is InChI=1S/C25H30N2O4/c1-16(2)31-20-12-10-19(11-13-20)23(28)21-22(18-8-6-17(3)7-9-18)27(15-14-26(4)5)25(30)24(21)29/h6-13,16,22,28H,14-15H2,1-5H3/b23-21+/t22-/m0/s1. The Morgan fingerprint density at radius 1 is 1.06 bits per heavy atom. The van der Waals surface area contributed by atoms with E-state index in [0.29, 0.717) is 24.4 Å². The van der Waals surface area contributed by atoms with Gasteiger partial charge in [-0.1, -0.05) is 29.8 Å². The van der Waals surface area contributed by atoms with Crippen molar-refractivity contribution in [1.29, 1.82) is 0 Å². The summed E-state index contributed by atoms with van der Waals surface area (Å²) < 4.78 is 5.65. The Balaban J connectivity index is 2.06. The molecule has 0 aliphatic carbocycles. The van der Waals surface area contributed by atoms with Crippen molar-refractivity contribution in [1.82, 2.24) is 9.80 Å². The van der Waals surface area contributed by atoms with Crippen LogP contribution in [0.25, 0.3) is 5.76 Å². The third-order valence-electron chi connectivity index (χ3n) is 5.22. The average molecular weight is 423 g/mol. The van der Waals surface area contributed by atoms with Crippen LogP contribution in [0.2, 0.25) is 0 Å². The molecule has 3 rings (SSSR count). The van der Waals surface area contributed by atoms with E-state index in [1.807, 2.05) is 64.0 Å². The fourth-order valence-corrected chi connectivity index (χ4v) is 3.63. The van der Waals surface area contributed by atoms with Gasteiger partial charge in [-0.05, 0) is 64.7 Å². The number of carbonyl (C=O) groups is 2. The largest absolute Gasteiger partial charge is 0.507 e. The first-order valence-electron chi connectivity index (χ1n) is 10.5. The highest BCUT2D eigenvalue weighted by atomic mass is 16.5. The normalized spacial score (nSPS) is 18.3. The second-order valence-electron chi connectivity index (χ2n) is 8.40. The van der Waals surface area contributed by atoms with Crippen LogP contribution in [0.1, 0.15) is 36.6 Å². The summed E-state index contributed by atoms with van der Waals surface area (Å²) in [6.07, 6.45) is 0.0306. The van der Waals surface area contributed by atoms with E-state index in [2.05, 4.69) is 0 Å². The molecule has 6 heteroatoms. The molecule has 1 aliphatic heterocycles. The van der Waals surface area contributed by atoms with Crippen molar-refractivity contribution in [3.8, 4) is 5.75 Å². The van der Waals surface area contributed by atoms with Gasteiger partial charge in [0.1, 0.15) is 11.5 Å². The Hall–Kier alpha value is -3.12. The number of hydrogen-bond acceptors (Lipinski definition) is 5. The van der Waals surface area contributed by atoms with E-state index in [1.165, 1.54) is 0 Å². The lowest BCUT2D eigenvalue weighted by Crippen LogP contribution is -2.35. The molecule has 1 saturated heterocycles. The molecule has 1 N–H and O–H groups in total. The lowest BCUT2D eigenvalue weighted by molar-refractivity contribution is -0.140. The number of likely N-dealkylation sites (N-methyl/N-ethyl adjacent to an activating group) is 1. The number of Topliss-reactive ketones (excluding diaryl/α,β-unsaturated/α-hetero) is 1. The number of aliphatic hydroxyl groups excluding tert-OH is 1. The minimum atomic E-state index is -0.663. The number of aliphatic hydroxyl groups is 1. The molecule has 0 unspecified atom stereocenters. The van der Waals surface area contributed by atoms with E-state index < -0.39 is 17.7 Å². The fourth-order valence-electron chi connectivity index (χ4n) is 3.63. The number of benzene rings is 2. The van der Waals surface area contributed by atoms with Crippen molar-refractivity contribution >= 4 is 17.4 Å². The molecule has 1 heterocycles. The smallest absolute Gasteiger partial charge is 0.295 e. The van der Waals surface area contributed by atoms with Gasteiger partial charge in [-0.25, -0.2) is 0 Å². The van der Waals surface area contributed by atoms with E-state index in [1.54, 1.807) is 29.2 Å². The van der Waals surface area contributed by atoms with Crippen LogP contribution >= 0.6 is 0 Å².